The van der Waals surface area contributed by atoms with E-state index >= 15 is 0 Å². The molecule has 0 aliphatic rings. The summed E-state index contributed by atoms with van der Waals surface area (Å²) in [7, 11) is 0. The number of hydrogen-bond donors (Lipinski definition) is 0. The summed E-state index contributed by atoms with van der Waals surface area (Å²) >= 11 is 1.62. The summed E-state index contributed by atoms with van der Waals surface area (Å²) in [6.07, 6.45) is -3.04. The Morgan fingerprint density at radius 1 is 1.50 bits per heavy atom. The zero-order chi connectivity index (χ0) is 6.99. The SMILES string of the molecule is FC=C(F)F.FCI. The second-order valence-corrected chi connectivity index (χ2v) is 1.08. The van der Waals surface area contributed by atoms with E-state index in [1.807, 2.05) is 0 Å². The van der Waals surface area contributed by atoms with Crippen molar-refractivity contribution < 1.29 is 17.6 Å². The van der Waals surface area contributed by atoms with E-state index < -0.39 is 12.4 Å². The van der Waals surface area contributed by atoms with Crippen LogP contribution in [0, 0.1) is 0 Å². The van der Waals surface area contributed by atoms with Gasteiger partial charge in [-0.05, 0) is 22.6 Å². The highest BCUT2D eigenvalue weighted by atomic mass is 127. The first-order valence-corrected chi connectivity index (χ1v) is 2.94. The van der Waals surface area contributed by atoms with Gasteiger partial charge in [0.25, 0.3) is 6.08 Å². The largest absolute Gasteiger partial charge is 0.298 e. The van der Waals surface area contributed by atoms with Gasteiger partial charge in [0.15, 0.2) is 6.33 Å². The molecule has 0 N–H and O–H groups in total. The lowest BCUT2D eigenvalue weighted by Gasteiger charge is -1.59. The van der Waals surface area contributed by atoms with Crippen molar-refractivity contribution >= 4 is 22.6 Å². The Morgan fingerprint density at radius 3 is 1.62 bits per heavy atom. The van der Waals surface area contributed by atoms with Crippen LogP contribution in [-0.2, 0) is 0 Å². The fourth-order valence-corrected chi connectivity index (χ4v) is 0. The van der Waals surface area contributed by atoms with Gasteiger partial charge in [-0.15, -0.1) is 0 Å². The predicted molar refractivity (Wildman–Crippen MR) is 31.4 cm³/mol. The average Bonchev–Trinajstić information content (AvgIpc) is 1.69. The molecule has 0 saturated heterocycles. The summed E-state index contributed by atoms with van der Waals surface area (Å²) in [6.45, 7) is 0. The van der Waals surface area contributed by atoms with Gasteiger partial charge in [0.05, 0.1) is 0 Å². The zero-order valence-corrected chi connectivity index (χ0v) is 5.83. The molecule has 0 nitrogen and oxygen atoms in total. The van der Waals surface area contributed by atoms with E-state index in [0.717, 1.165) is 0 Å². The van der Waals surface area contributed by atoms with Gasteiger partial charge in [-0.2, -0.15) is 8.78 Å². The molecule has 0 aromatic heterocycles. The van der Waals surface area contributed by atoms with Crippen LogP contribution in [0.25, 0.3) is 0 Å². The maximum absolute atomic E-state index is 10.3. The Kier molecular flexibility index (Phi) is 14.1. The number of alkyl halides is 2. The van der Waals surface area contributed by atoms with E-state index in [2.05, 4.69) is 0 Å². The summed E-state index contributed by atoms with van der Waals surface area (Å²) in [6, 6.07) is 0. The first-order valence-electron chi connectivity index (χ1n) is 1.42. The van der Waals surface area contributed by atoms with Crippen LogP contribution in [0.1, 0.15) is 0 Å². The van der Waals surface area contributed by atoms with Crippen molar-refractivity contribution in [3.63, 3.8) is 0 Å². The van der Waals surface area contributed by atoms with Crippen LogP contribution >= 0.6 is 22.6 Å². The normalized spacial score (nSPS) is 6.62. The summed E-state index contributed by atoms with van der Waals surface area (Å²) in [5.74, 6) is 0. The van der Waals surface area contributed by atoms with Crippen LogP contribution in [0.3, 0.4) is 0 Å². The Bertz CT molecular complexity index is 58.3. The minimum absolute atomic E-state index is 0.280. The molecule has 0 amide bonds. The Hall–Kier alpha value is 0.190. The minimum atomic E-state index is -2.29. The lowest BCUT2D eigenvalue weighted by atomic mass is 11.1. The molecule has 0 heterocycles. The van der Waals surface area contributed by atoms with Gasteiger partial charge in [-0.1, -0.05) is 0 Å². The maximum Gasteiger partial charge on any atom is 0.298 e. The lowest BCUT2D eigenvalue weighted by Crippen LogP contribution is -1.42. The zero-order valence-electron chi connectivity index (χ0n) is 3.67. The summed E-state index contributed by atoms with van der Waals surface area (Å²) in [5.41, 5.74) is 0. The van der Waals surface area contributed by atoms with Gasteiger partial charge in [0, 0.05) is 0 Å². The van der Waals surface area contributed by atoms with Crippen molar-refractivity contribution in [1.29, 1.82) is 0 Å². The van der Waals surface area contributed by atoms with E-state index in [1.54, 1.807) is 22.6 Å². The van der Waals surface area contributed by atoms with Crippen LogP contribution < -0.4 is 0 Å². The van der Waals surface area contributed by atoms with Crippen molar-refractivity contribution in [3.8, 4) is 0 Å². The monoisotopic (exact) mass is 242 g/mol. The smallest absolute Gasteiger partial charge is 0.240 e. The van der Waals surface area contributed by atoms with Crippen molar-refractivity contribution in [3.05, 3.63) is 12.4 Å². The standard InChI is InChI=1S/C2HF3.CH2FI/c3-1-2(4)5;2-1-3/h1H;1H2. The predicted octanol–water partition coefficient (Wildman–Crippen LogP) is 3.04. The number of rotatable bonds is 0. The minimum Gasteiger partial charge on any atom is -0.240 e. The van der Waals surface area contributed by atoms with E-state index in [-0.39, 0.29) is 4.68 Å². The summed E-state index contributed by atoms with van der Waals surface area (Å²) in [5, 5.41) is 0. The van der Waals surface area contributed by atoms with E-state index in [9.17, 15) is 17.6 Å². The molecule has 0 aliphatic heterocycles. The third kappa shape index (κ3) is 34.8. The fourth-order valence-electron chi connectivity index (χ4n) is 0. The molecule has 0 aliphatic carbocycles. The van der Waals surface area contributed by atoms with Gasteiger partial charge < -0.3 is 0 Å². The second-order valence-electron chi connectivity index (χ2n) is 0.500. The van der Waals surface area contributed by atoms with Crippen molar-refractivity contribution in [2.45, 2.75) is 0 Å². The molecule has 50 valence electrons. The van der Waals surface area contributed by atoms with Crippen LogP contribution in [0.15, 0.2) is 12.4 Å². The molecule has 0 aromatic rings. The van der Waals surface area contributed by atoms with Gasteiger partial charge in [-0.3, -0.25) is 0 Å². The third-order valence-electron chi connectivity index (χ3n) is 0.0825. The number of hydrogen-bond acceptors (Lipinski definition) is 0. The Morgan fingerprint density at radius 2 is 1.62 bits per heavy atom. The molecular formula is C3H3F4I. The van der Waals surface area contributed by atoms with E-state index in [4.69, 9.17) is 0 Å². The summed E-state index contributed by atoms with van der Waals surface area (Å²) < 4.78 is 40.7. The molecule has 8 heavy (non-hydrogen) atoms. The van der Waals surface area contributed by atoms with Crippen LogP contribution in [0.2, 0.25) is 0 Å². The van der Waals surface area contributed by atoms with Crippen molar-refractivity contribution in [2.75, 3.05) is 4.68 Å². The molecule has 0 saturated carbocycles. The molecule has 0 rings (SSSR count). The van der Waals surface area contributed by atoms with Gasteiger partial charge in [-0.25, -0.2) is 8.78 Å². The molecule has 0 radical (unpaired) electrons. The van der Waals surface area contributed by atoms with Crippen molar-refractivity contribution in [1.82, 2.24) is 0 Å². The molecule has 0 unspecified atom stereocenters. The molecule has 0 aromatic carbocycles. The Labute approximate surface area is 57.7 Å². The quantitative estimate of drug-likeness (QED) is 0.348. The van der Waals surface area contributed by atoms with Crippen LogP contribution in [0.5, 0.6) is 0 Å². The molecule has 0 atom stereocenters. The molecule has 0 spiro atoms. The first kappa shape index (κ1) is 11.0. The van der Waals surface area contributed by atoms with Crippen molar-refractivity contribution in [2.24, 2.45) is 0 Å². The molecular weight excluding hydrogens is 239 g/mol. The summed E-state index contributed by atoms with van der Waals surface area (Å²) in [4.78, 5) is 0. The highest BCUT2D eigenvalue weighted by molar-refractivity contribution is 14.1. The van der Waals surface area contributed by atoms with E-state index in [1.165, 1.54) is 0 Å². The Balaban J connectivity index is 0. The molecule has 0 bridgehead atoms. The highest BCUT2D eigenvalue weighted by Gasteiger charge is 1.78. The maximum atomic E-state index is 10.3. The van der Waals surface area contributed by atoms with Gasteiger partial charge in [0.1, 0.15) is 4.68 Å². The van der Waals surface area contributed by atoms with Crippen LogP contribution in [-0.4, -0.2) is 4.68 Å². The first-order chi connectivity index (χ1) is 3.68. The molecule has 0 fully saturated rings. The van der Waals surface area contributed by atoms with Gasteiger partial charge in [0.2, 0.25) is 0 Å². The topological polar surface area (TPSA) is 0 Å². The fraction of sp³-hybridized carbons (Fsp3) is 0.333. The third-order valence-corrected chi connectivity index (χ3v) is 0.0825. The lowest BCUT2D eigenvalue weighted by molar-refractivity contribution is 0.400. The van der Waals surface area contributed by atoms with E-state index in [0.29, 0.717) is 0 Å². The second kappa shape index (κ2) is 10.2. The highest BCUT2D eigenvalue weighted by Crippen LogP contribution is 1.93. The average molecular weight is 242 g/mol. The van der Waals surface area contributed by atoms with Crippen LogP contribution in [0.4, 0.5) is 17.6 Å². The van der Waals surface area contributed by atoms with Gasteiger partial charge >= 0.3 is 0 Å². The number of halogens is 5. The molecule has 5 heteroatoms.